The van der Waals surface area contributed by atoms with Crippen LogP contribution in [0.5, 0.6) is 0 Å². The highest BCUT2D eigenvalue weighted by atomic mass is 16.8. The van der Waals surface area contributed by atoms with Crippen LogP contribution in [0.25, 0.3) is 0 Å². The molecule has 0 bridgehead atoms. The molecule has 6 heteroatoms. The average Bonchev–Trinajstić information content (AvgIpc) is 3.05. The molecule has 1 aromatic carbocycles. The van der Waals surface area contributed by atoms with E-state index < -0.39 is 5.79 Å². The molecular weight excluding hydrogens is 332 g/mol. The Hall–Kier alpha value is -1.47. The summed E-state index contributed by atoms with van der Waals surface area (Å²) in [6, 6.07) is 7.93. The monoisotopic (exact) mass is 358 g/mol. The van der Waals surface area contributed by atoms with Gasteiger partial charge in [-0.25, -0.2) is 0 Å². The van der Waals surface area contributed by atoms with Crippen LogP contribution < -0.4 is 4.90 Å². The number of morpholine rings is 1. The van der Waals surface area contributed by atoms with Crippen LogP contribution in [0.15, 0.2) is 24.3 Å². The van der Waals surface area contributed by atoms with Crippen LogP contribution in [0.4, 0.5) is 5.69 Å². The normalized spacial score (nSPS) is 31.1. The van der Waals surface area contributed by atoms with Gasteiger partial charge in [-0.15, -0.1) is 0 Å². The summed E-state index contributed by atoms with van der Waals surface area (Å²) in [4.78, 5) is 17.6. The summed E-state index contributed by atoms with van der Waals surface area (Å²) in [6.45, 7) is 3.67. The van der Waals surface area contributed by atoms with Crippen LogP contribution in [0.3, 0.4) is 0 Å². The molecule has 2 atom stereocenters. The molecule has 0 radical (unpaired) electrons. The van der Waals surface area contributed by atoms with Gasteiger partial charge in [0.1, 0.15) is 0 Å². The van der Waals surface area contributed by atoms with E-state index in [0.29, 0.717) is 19.9 Å². The van der Waals surface area contributed by atoms with Crippen molar-refractivity contribution in [1.29, 1.82) is 0 Å². The van der Waals surface area contributed by atoms with E-state index >= 15 is 0 Å². The fourth-order valence-corrected chi connectivity index (χ4v) is 4.66. The lowest BCUT2D eigenvalue weighted by Gasteiger charge is -2.31. The van der Waals surface area contributed by atoms with Crippen molar-refractivity contribution in [2.75, 3.05) is 37.9 Å². The molecule has 2 saturated heterocycles. The number of fused-ring (bicyclic) bond motifs is 3. The maximum atomic E-state index is 13.5. The fraction of sp³-hybridized carbons (Fsp3) is 0.650. The first-order valence-corrected chi connectivity index (χ1v) is 9.85. The van der Waals surface area contributed by atoms with Crippen molar-refractivity contribution in [3.8, 4) is 0 Å². The fourth-order valence-electron chi connectivity index (χ4n) is 4.66. The van der Waals surface area contributed by atoms with E-state index in [9.17, 15) is 4.79 Å². The molecule has 1 spiro atoms. The molecular formula is C20H26N2O4. The average molecular weight is 358 g/mol. The third-order valence-electron chi connectivity index (χ3n) is 6.05. The number of para-hydroxylation sites is 1. The number of nitrogens with zero attached hydrogens (tertiary/aromatic N) is 2. The van der Waals surface area contributed by atoms with E-state index in [-0.39, 0.29) is 18.1 Å². The van der Waals surface area contributed by atoms with Crippen LogP contribution in [-0.2, 0) is 24.8 Å². The Morgan fingerprint density at radius 3 is 2.42 bits per heavy atom. The first-order valence-electron chi connectivity index (χ1n) is 9.85. The Kier molecular flexibility index (Phi) is 4.24. The second-order valence-electron chi connectivity index (χ2n) is 7.69. The van der Waals surface area contributed by atoms with Gasteiger partial charge in [0, 0.05) is 18.7 Å². The number of hydrogen-bond acceptors (Lipinski definition) is 5. The number of rotatable bonds is 2. The largest absolute Gasteiger partial charge is 0.379 e. The van der Waals surface area contributed by atoms with Crippen molar-refractivity contribution < 1.29 is 19.0 Å². The quantitative estimate of drug-likeness (QED) is 0.811. The van der Waals surface area contributed by atoms with E-state index in [2.05, 4.69) is 4.90 Å². The Balaban J connectivity index is 1.46. The maximum Gasteiger partial charge on any atom is 0.293 e. The lowest BCUT2D eigenvalue weighted by atomic mass is 10.1. The van der Waals surface area contributed by atoms with Crippen molar-refractivity contribution in [1.82, 2.24) is 4.90 Å². The molecule has 5 rings (SSSR count). The molecule has 1 aliphatic carbocycles. The predicted octanol–water partition coefficient (Wildman–Crippen LogP) is 2.22. The van der Waals surface area contributed by atoms with E-state index in [1.54, 1.807) is 0 Å². The third-order valence-corrected chi connectivity index (χ3v) is 6.05. The van der Waals surface area contributed by atoms with Crippen LogP contribution in [0.1, 0.15) is 37.7 Å². The molecule has 0 N–H and O–H groups in total. The third kappa shape index (κ3) is 2.59. The number of hydrogen-bond donors (Lipinski definition) is 0. The molecule has 3 heterocycles. The van der Waals surface area contributed by atoms with Gasteiger partial charge in [0.2, 0.25) is 0 Å². The zero-order valence-electron chi connectivity index (χ0n) is 15.1. The van der Waals surface area contributed by atoms with Crippen molar-refractivity contribution in [2.24, 2.45) is 0 Å². The minimum Gasteiger partial charge on any atom is -0.379 e. The molecule has 0 unspecified atom stereocenters. The highest BCUT2D eigenvalue weighted by Crippen LogP contribution is 2.50. The van der Waals surface area contributed by atoms with Gasteiger partial charge in [-0.05, 0) is 18.9 Å². The van der Waals surface area contributed by atoms with E-state index in [0.717, 1.165) is 50.0 Å². The number of anilines is 1. The van der Waals surface area contributed by atoms with Gasteiger partial charge in [-0.2, -0.15) is 0 Å². The van der Waals surface area contributed by atoms with Crippen LogP contribution >= 0.6 is 0 Å². The summed E-state index contributed by atoms with van der Waals surface area (Å²) < 4.78 is 18.2. The summed E-state index contributed by atoms with van der Waals surface area (Å²) in [5, 5.41) is 0. The number of amides is 1. The van der Waals surface area contributed by atoms with Crippen LogP contribution in [0, 0.1) is 0 Å². The summed E-state index contributed by atoms with van der Waals surface area (Å²) >= 11 is 0. The van der Waals surface area contributed by atoms with E-state index in [4.69, 9.17) is 14.2 Å². The Labute approximate surface area is 154 Å². The second-order valence-corrected chi connectivity index (χ2v) is 7.69. The Bertz CT molecular complexity index is 674. The summed E-state index contributed by atoms with van der Waals surface area (Å²) in [7, 11) is 0. The number of carbonyl (C=O) groups excluding carboxylic acids is 1. The van der Waals surface area contributed by atoms with Crippen molar-refractivity contribution >= 4 is 11.6 Å². The molecule has 3 aliphatic heterocycles. The summed E-state index contributed by atoms with van der Waals surface area (Å²) in [5.74, 6) is -1.31. The Morgan fingerprint density at radius 2 is 1.69 bits per heavy atom. The van der Waals surface area contributed by atoms with Gasteiger partial charge < -0.3 is 14.2 Å². The minimum absolute atomic E-state index is 0.0258. The van der Waals surface area contributed by atoms with Gasteiger partial charge >= 0.3 is 0 Å². The molecule has 3 fully saturated rings. The molecule has 1 aromatic rings. The lowest BCUT2D eigenvalue weighted by molar-refractivity contribution is -0.191. The molecule has 4 aliphatic rings. The second kappa shape index (κ2) is 6.60. The standard InChI is InChI=1S/C20H26N2O4/c23-19-20(25-17-8-2-1-3-9-18(17)26-20)15-6-4-5-7-16(15)22(19)14-21-10-12-24-13-11-21/h4-7,17-18H,1-3,8-14H2/t17-,18-/m1/s1. The predicted molar refractivity (Wildman–Crippen MR) is 95.7 cm³/mol. The highest BCUT2D eigenvalue weighted by Gasteiger charge is 2.60. The molecule has 0 aromatic heterocycles. The zero-order valence-corrected chi connectivity index (χ0v) is 15.1. The van der Waals surface area contributed by atoms with Crippen molar-refractivity contribution in [3.63, 3.8) is 0 Å². The summed E-state index contributed by atoms with van der Waals surface area (Å²) in [6.07, 6.45) is 5.52. The van der Waals surface area contributed by atoms with Crippen LogP contribution in [0.2, 0.25) is 0 Å². The first-order chi connectivity index (χ1) is 12.8. The molecule has 6 nitrogen and oxygen atoms in total. The molecule has 140 valence electrons. The molecule has 26 heavy (non-hydrogen) atoms. The Morgan fingerprint density at radius 1 is 1.00 bits per heavy atom. The number of ether oxygens (including phenoxy) is 3. The number of benzene rings is 1. The smallest absolute Gasteiger partial charge is 0.293 e. The maximum absolute atomic E-state index is 13.5. The van der Waals surface area contributed by atoms with Gasteiger partial charge in [0.15, 0.2) is 0 Å². The topological polar surface area (TPSA) is 51.2 Å². The van der Waals surface area contributed by atoms with Gasteiger partial charge in [0.25, 0.3) is 11.7 Å². The lowest BCUT2D eigenvalue weighted by Crippen LogP contribution is -2.49. The minimum atomic E-state index is -1.24. The van der Waals surface area contributed by atoms with Gasteiger partial charge in [-0.3, -0.25) is 14.6 Å². The number of carbonyl (C=O) groups is 1. The van der Waals surface area contributed by atoms with Gasteiger partial charge in [-0.1, -0.05) is 37.5 Å². The van der Waals surface area contributed by atoms with Crippen molar-refractivity contribution in [2.45, 2.75) is 50.1 Å². The highest BCUT2D eigenvalue weighted by molar-refractivity contribution is 6.06. The molecule has 1 amide bonds. The van der Waals surface area contributed by atoms with E-state index in [1.807, 2.05) is 29.2 Å². The van der Waals surface area contributed by atoms with E-state index in [1.165, 1.54) is 6.42 Å². The summed E-state index contributed by atoms with van der Waals surface area (Å²) in [5.41, 5.74) is 1.78. The van der Waals surface area contributed by atoms with Gasteiger partial charge in [0.05, 0.1) is 37.8 Å². The first kappa shape index (κ1) is 16.7. The van der Waals surface area contributed by atoms with Crippen molar-refractivity contribution in [3.05, 3.63) is 29.8 Å². The zero-order chi connectivity index (χ0) is 17.6. The SMILES string of the molecule is O=C1N(CN2CCOCC2)c2ccccc2C12O[C@@H]1CCCCC[C@H]1O2. The van der Waals surface area contributed by atoms with Crippen LogP contribution in [-0.4, -0.2) is 56.0 Å². The molecule has 1 saturated carbocycles.